The van der Waals surface area contributed by atoms with E-state index in [2.05, 4.69) is 15.3 Å². The first kappa shape index (κ1) is 11.2. The molecule has 0 bridgehead atoms. The molecule has 0 saturated heterocycles. The molecule has 5 nitrogen and oxygen atoms in total. The van der Waals surface area contributed by atoms with Crippen LogP contribution in [-0.4, -0.2) is 17.1 Å². The van der Waals surface area contributed by atoms with Gasteiger partial charge in [-0.25, -0.2) is 4.98 Å². The van der Waals surface area contributed by atoms with Crippen molar-refractivity contribution in [2.45, 2.75) is 6.54 Å². The number of pyridine rings is 2. The summed E-state index contributed by atoms with van der Waals surface area (Å²) in [6.07, 6.45) is 3.33. The molecule has 0 amide bonds. The van der Waals surface area contributed by atoms with E-state index < -0.39 is 0 Å². The fraction of sp³-hybridized carbons (Fsp3) is 0.167. The number of methoxy groups -OCH3 is 1. The first-order chi connectivity index (χ1) is 8.29. The molecule has 0 aromatic carbocycles. The summed E-state index contributed by atoms with van der Waals surface area (Å²) in [5.74, 6) is 0.530. The van der Waals surface area contributed by atoms with E-state index in [4.69, 9.17) is 10.5 Å². The maximum absolute atomic E-state index is 5.81. The quantitative estimate of drug-likeness (QED) is 0.836. The van der Waals surface area contributed by atoms with Crippen LogP contribution in [0.25, 0.3) is 0 Å². The van der Waals surface area contributed by atoms with Gasteiger partial charge in [-0.1, -0.05) is 6.07 Å². The van der Waals surface area contributed by atoms with E-state index in [-0.39, 0.29) is 0 Å². The highest BCUT2D eigenvalue weighted by molar-refractivity contribution is 5.66. The van der Waals surface area contributed by atoms with Crippen LogP contribution in [0.3, 0.4) is 0 Å². The number of nitrogens with zero attached hydrogens (tertiary/aromatic N) is 2. The molecule has 0 aliphatic rings. The molecule has 3 N–H and O–H groups in total. The number of hydrogen-bond donors (Lipinski definition) is 2. The molecule has 0 spiro atoms. The molecule has 5 heteroatoms. The fourth-order valence-corrected chi connectivity index (χ4v) is 1.40. The largest absolute Gasteiger partial charge is 0.481 e. The minimum Gasteiger partial charge on any atom is -0.481 e. The van der Waals surface area contributed by atoms with Crippen molar-refractivity contribution in [1.29, 1.82) is 0 Å². The number of nitrogen functional groups attached to an aromatic ring is 1. The number of hydrogen-bond acceptors (Lipinski definition) is 5. The maximum atomic E-state index is 5.81. The van der Waals surface area contributed by atoms with Crippen LogP contribution in [0.5, 0.6) is 5.88 Å². The monoisotopic (exact) mass is 230 g/mol. The van der Waals surface area contributed by atoms with Gasteiger partial charge in [0.15, 0.2) is 0 Å². The Morgan fingerprint density at radius 2 is 2.24 bits per heavy atom. The lowest BCUT2D eigenvalue weighted by molar-refractivity contribution is 0.398. The van der Waals surface area contributed by atoms with Crippen molar-refractivity contribution in [3.63, 3.8) is 0 Å². The molecule has 0 aliphatic heterocycles. The Bertz CT molecular complexity index is 487. The van der Waals surface area contributed by atoms with E-state index in [1.807, 2.05) is 18.2 Å². The Balaban J connectivity index is 2.08. The molecule has 0 saturated carbocycles. The summed E-state index contributed by atoms with van der Waals surface area (Å²) >= 11 is 0. The predicted octanol–water partition coefficient (Wildman–Crippen LogP) is 1.68. The number of nitrogens with two attached hydrogens (primary N) is 1. The molecule has 0 aliphatic carbocycles. The third-order valence-corrected chi connectivity index (χ3v) is 2.30. The number of rotatable bonds is 4. The third kappa shape index (κ3) is 2.84. The fourth-order valence-electron chi connectivity index (χ4n) is 1.40. The highest BCUT2D eigenvalue weighted by Crippen LogP contribution is 2.21. The standard InChI is InChI=1S/C12H14N4O/c1-17-12-6-11(10(13)8-16-12)15-7-9-4-2-3-5-14-9/h2-6,8H,7,13H2,1H3,(H,15,16). The second-order valence-electron chi connectivity index (χ2n) is 3.49. The van der Waals surface area contributed by atoms with Gasteiger partial charge in [-0.2, -0.15) is 0 Å². The highest BCUT2D eigenvalue weighted by Gasteiger charge is 2.02. The van der Waals surface area contributed by atoms with Gasteiger partial charge in [0.05, 0.1) is 36.9 Å². The van der Waals surface area contributed by atoms with Gasteiger partial charge in [-0.15, -0.1) is 0 Å². The Morgan fingerprint density at radius 3 is 2.94 bits per heavy atom. The Hall–Kier alpha value is -2.30. The van der Waals surface area contributed by atoms with Gasteiger partial charge in [0, 0.05) is 12.3 Å². The maximum Gasteiger partial charge on any atom is 0.215 e. The summed E-state index contributed by atoms with van der Waals surface area (Å²) in [5, 5.41) is 3.20. The topological polar surface area (TPSA) is 73.1 Å². The molecular weight excluding hydrogens is 216 g/mol. The highest BCUT2D eigenvalue weighted by atomic mass is 16.5. The van der Waals surface area contributed by atoms with Crippen molar-refractivity contribution >= 4 is 11.4 Å². The smallest absolute Gasteiger partial charge is 0.215 e. The van der Waals surface area contributed by atoms with Gasteiger partial charge in [-0.05, 0) is 12.1 Å². The van der Waals surface area contributed by atoms with Gasteiger partial charge >= 0.3 is 0 Å². The first-order valence-corrected chi connectivity index (χ1v) is 5.23. The summed E-state index contributed by atoms with van der Waals surface area (Å²) in [6.45, 7) is 0.609. The molecule has 2 rings (SSSR count). The lowest BCUT2D eigenvalue weighted by Crippen LogP contribution is -2.04. The minimum absolute atomic E-state index is 0.530. The van der Waals surface area contributed by atoms with Crippen LogP contribution in [0.1, 0.15) is 5.69 Å². The normalized spacial score (nSPS) is 9.94. The van der Waals surface area contributed by atoms with Crippen molar-refractivity contribution < 1.29 is 4.74 Å². The molecule has 0 fully saturated rings. The van der Waals surface area contributed by atoms with Gasteiger partial charge in [0.1, 0.15) is 0 Å². The number of ether oxygens (including phenoxy) is 1. The van der Waals surface area contributed by atoms with Crippen molar-refractivity contribution in [2.24, 2.45) is 0 Å². The minimum atomic E-state index is 0.530. The summed E-state index contributed by atoms with van der Waals surface area (Å²) < 4.78 is 5.04. The number of anilines is 2. The molecule has 2 aromatic rings. The molecule has 0 radical (unpaired) electrons. The van der Waals surface area contributed by atoms with Gasteiger partial charge in [0.2, 0.25) is 5.88 Å². The lowest BCUT2D eigenvalue weighted by atomic mass is 10.3. The van der Waals surface area contributed by atoms with Crippen molar-refractivity contribution in [3.8, 4) is 5.88 Å². The third-order valence-electron chi connectivity index (χ3n) is 2.30. The van der Waals surface area contributed by atoms with Gasteiger partial charge < -0.3 is 15.8 Å². The van der Waals surface area contributed by atoms with E-state index in [9.17, 15) is 0 Å². The molecule has 88 valence electrons. The molecule has 2 aromatic heterocycles. The Kier molecular flexibility index (Phi) is 3.40. The van der Waals surface area contributed by atoms with Gasteiger partial charge in [-0.3, -0.25) is 4.98 Å². The van der Waals surface area contributed by atoms with Crippen LogP contribution >= 0.6 is 0 Å². The van der Waals surface area contributed by atoms with Crippen molar-refractivity contribution in [1.82, 2.24) is 9.97 Å². The van der Waals surface area contributed by atoms with Crippen molar-refractivity contribution in [3.05, 3.63) is 42.4 Å². The van der Waals surface area contributed by atoms with Gasteiger partial charge in [0.25, 0.3) is 0 Å². The lowest BCUT2D eigenvalue weighted by Gasteiger charge is -2.09. The SMILES string of the molecule is COc1cc(NCc2ccccn2)c(N)cn1. The molecular formula is C12H14N4O. The van der Waals surface area contributed by atoms with E-state index in [0.29, 0.717) is 18.1 Å². The van der Waals surface area contributed by atoms with Crippen LogP contribution in [0.4, 0.5) is 11.4 Å². The summed E-state index contributed by atoms with van der Waals surface area (Å²) in [4.78, 5) is 8.23. The number of nitrogens with one attached hydrogen (secondary N) is 1. The number of aromatic nitrogens is 2. The summed E-state index contributed by atoms with van der Waals surface area (Å²) in [5.41, 5.74) is 8.13. The van der Waals surface area contributed by atoms with E-state index in [1.165, 1.54) is 0 Å². The van der Waals surface area contributed by atoms with E-state index in [0.717, 1.165) is 11.4 Å². The Morgan fingerprint density at radius 1 is 1.35 bits per heavy atom. The molecule has 0 unspecified atom stereocenters. The van der Waals surface area contributed by atoms with Crippen LogP contribution < -0.4 is 15.8 Å². The zero-order valence-electron chi connectivity index (χ0n) is 9.55. The summed E-state index contributed by atoms with van der Waals surface area (Å²) in [6, 6.07) is 7.54. The van der Waals surface area contributed by atoms with Crippen LogP contribution in [-0.2, 0) is 6.54 Å². The average Bonchev–Trinajstić information content (AvgIpc) is 2.39. The zero-order chi connectivity index (χ0) is 12.1. The first-order valence-electron chi connectivity index (χ1n) is 5.23. The van der Waals surface area contributed by atoms with E-state index in [1.54, 1.807) is 25.6 Å². The second kappa shape index (κ2) is 5.16. The summed E-state index contributed by atoms with van der Waals surface area (Å²) in [7, 11) is 1.57. The van der Waals surface area contributed by atoms with Crippen LogP contribution in [0.15, 0.2) is 36.7 Å². The molecule has 17 heavy (non-hydrogen) atoms. The molecule has 0 atom stereocenters. The average molecular weight is 230 g/mol. The zero-order valence-corrected chi connectivity index (χ0v) is 9.55. The Labute approximate surface area is 99.7 Å². The van der Waals surface area contributed by atoms with Crippen molar-refractivity contribution in [2.75, 3.05) is 18.2 Å². The predicted molar refractivity (Wildman–Crippen MR) is 66.8 cm³/mol. The van der Waals surface area contributed by atoms with Crippen LogP contribution in [0.2, 0.25) is 0 Å². The van der Waals surface area contributed by atoms with Crippen LogP contribution in [0, 0.1) is 0 Å². The second-order valence-corrected chi connectivity index (χ2v) is 3.49. The molecule has 2 heterocycles. The van der Waals surface area contributed by atoms with E-state index >= 15 is 0 Å².